The molecule has 0 unspecified atom stereocenters. The van der Waals surface area contributed by atoms with Crippen LogP contribution < -0.4 is 0 Å². The molecule has 18 heavy (non-hydrogen) atoms. The zero-order valence-corrected chi connectivity index (χ0v) is 10.8. The predicted molar refractivity (Wildman–Crippen MR) is 65.2 cm³/mol. The molecule has 0 radical (unpaired) electrons. The summed E-state index contributed by atoms with van der Waals surface area (Å²) in [4.78, 5) is 23.3. The standard InChI is InChI=1S/C14H16O4/c1-4-17-12(15)8-14(3)11-7-9(2)5-6-10(11)13(16)18-14/h5-7H,4,8H2,1-3H3/t14-/m1/s1. The number of carbonyl (C=O) groups excluding carboxylic acids is 2. The highest BCUT2D eigenvalue weighted by molar-refractivity contribution is 5.95. The first-order valence-electron chi connectivity index (χ1n) is 5.96. The van der Waals surface area contributed by atoms with Gasteiger partial charge in [-0.15, -0.1) is 0 Å². The van der Waals surface area contributed by atoms with E-state index in [1.165, 1.54) is 0 Å². The molecular formula is C14H16O4. The van der Waals surface area contributed by atoms with Crippen LogP contribution in [0.1, 0.15) is 41.8 Å². The van der Waals surface area contributed by atoms with Crippen molar-refractivity contribution in [3.63, 3.8) is 0 Å². The van der Waals surface area contributed by atoms with E-state index in [1.54, 1.807) is 19.9 Å². The van der Waals surface area contributed by atoms with Crippen LogP contribution in [0.4, 0.5) is 0 Å². The summed E-state index contributed by atoms with van der Waals surface area (Å²) in [5.41, 5.74) is 1.42. The van der Waals surface area contributed by atoms with Crippen LogP contribution in [-0.4, -0.2) is 18.5 Å². The summed E-state index contributed by atoms with van der Waals surface area (Å²) in [7, 11) is 0. The Balaban J connectivity index is 2.34. The molecule has 1 aromatic rings. The molecule has 4 nitrogen and oxygen atoms in total. The topological polar surface area (TPSA) is 52.6 Å². The molecule has 0 saturated heterocycles. The molecular weight excluding hydrogens is 232 g/mol. The van der Waals surface area contributed by atoms with Gasteiger partial charge in [0.15, 0.2) is 0 Å². The molecule has 96 valence electrons. The van der Waals surface area contributed by atoms with Gasteiger partial charge in [-0.05, 0) is 26.8 Å². The van der Waals surface area contributed by atoms with Crippen LogP contribution in [0.3, 0.4) is 0 Å². The van der Waals surface area contributed by atoms with E-state index in [1.807, 2.05) is 19.1 Å². The second kappa shape index (κ2) is 4.44. The Hall–Kier alpha value is -1.84. The molecule has 2 rings (SSSR count). The highest BCUT2D eigenvalue weighted by Gasteiger charge is 2.43. The lowest BCUT2D eigenvalue weighted by Crippen LogP contribution is -2.27. The minimum Gasteiger partial charge on any atom is -0.466 e. The molecule has 0 N–H and O–H groups in total. The van der Waals surface area contributed by atoms with Gasteiger partial charge >= 0.3 is 11.9 Å². The van der Waals surface area contributed by atoms with Crippen LogP contribution in [0.2, 0.25) is 0 Å². The highest BCUT2D eigenvalue weighted by Crippen LogP contribution is 2.39. The van der Waals surface area contributed by atoms with Crippen LogP contribution in [0.5, 0.6) is 0 Å². The van der Waals surface area contributed by atoms with Gasteiger partial charge < -0.3 is 9.47 Å². The van der Waals surface area contributed by atoms with Crippen molar-refractivity contribution in [2.24, 2.45) is 0 Å². The fraction of sp³-hybridized carbons (Fsp3) is 0.429. The molecule has 0 aromatic heterocycles. The number of hydrogen-bond acceptors (Lipinski definition) is 4. The number of esters is 2. The van der Waals surface area contributed by atoms with Gasteiger partial charge in [-0.3, -0.25) is 4.79 Å². The molecule has 0 amide bonds. The second-order valence-electron chi connectivity index (χ2n) is 4.65. The molecule has 1 heterocycles. The SMILES string of the molecule is CCOC(=O)C[C@@]1(C)OC(=O)c2ccc(C)cc21. The number of fused-ring (bicyclic) bond motifs is 1. The molecule has 0 aliphatic carbocycles. The lowest BCUT2D eigenvalue weighted by atomic mass is 9.90. The van der Waals surface area contributed by atoms with E-state index in [4.69, 9.17) is 9.47 Å². The third-order valence-electron chi connectivity index (χ3n) is 3.07. The van der Waals surface area contributed by atoms with Crippen LogP contribution >= 0.6 is 0 Å². The van der Waals surface area contributed by atoms with E-state index in [2.05, 4.69) is 0 Å². The van der Waals surface area contributed by atoms with Crippen molar-refractivity contribution in [3.8, 4) is 0 Å². The third-order valence-corrected chi connectivity index (χ3v) is 3.07. The molecule has 0 spiro atoms. The van der Waals surface area contributed by atoms with E-state index in [9.17, 15) is 9.59 Å². The van der Waals surface area contributed by atoms with Crippen molar-refractivity contribution in [1.29, 1.82) is 0 Å². The van der Waals surface area contributed by atoms with Gasteiger partial charge in [0.25, 0.3) is 0 Å². The molecule has 0 saturated carbocycles. The zero-order chi connectivity index (χ0) is 13.3. The second-order valence-corrected chi connectivity index (χ2v) is 4.65. The molecule has 1 aliphatic heterocycles. The number of rotatable bonds is 3. The smallest absolute Gasteiger partial charge is 0.339 e. The molecule has 0 fully saturated rings. The first kappa shape index (κ1) is 12.6. The van der Waals surface area contributed by atoms with Crippen LogP contribution in [-0.2, 0) is 19.9 Å². The lowest BCUT2D eigenvalue weighted by molar-refractivity contribution is -0.148. The summed E-state index contributed by atoms with van der Waals surface area (Å²) < 4.78 is 10.3. The minimum atomic E-state index is -0.912. The predicted octanol–water partition coefficient (Wildman–Crippen LogP) is 2.33. The number of ether oxygens (including phenoxy) is 2. The number of aryl methyl sites for hydroxylation is 1. The Morgan fingerprint density at radius 2 is 2.17 bits per heavy atom. The maximum Gasteiger partial charge on any atom is 0.339 e. The summed E-state index contributed by atoms with van der Waals surface area (Å²) in [6, 6.07) is 5.49. The van der Waals surface area contributed by atoms with Gasteiger partial charge in [-0.1, -0.05) is 17.7 Å². The normalized spacial score (nSPS) is 21.4. The number of hydrogen-bond donors (Lipinski definition) is 0. The van der Waals surface area contributed by atoms with Gasteiger partial charge in [0.05, 0.1) is 18.6 Å². The first-order valence-corrected chi connectivity index (χ1v) is 5.96. The average Bonchev–Trinajstić information content (AvgIpc) is 2.50. The van der Waals surface area contributed by atoms with E-state index in [0.717, 1.165) is 11.1 Å². The average molecular weight is 248 g/mol. The maximum absolute atomic E-state index is 11.8. The Morgan fingerprint density at radius 3 is 2.83 bits per heavy atom. The van der Waals surface area contributed by atoms with Crippen LogP contribution in [0, 0.1) is 6.92 Å². The van der Waals surface area contributed by atoms with Crippen molar-refractivity contribution in [1.82, 2.24) is 0 Å². The van der Waals surface area contributed by atoms with Gasteiger partial charge in [-0.2, -0.15) is 0 Å². The van der Waals surface area contributed by atoms with E-state index >= 15 is 0 Å². The quantitative estimate of drug-likeness (QED) is 0.770. The van der Waals surface area contributed by atoms with Crippen LogP contribution in [0.15, 0.2) is 18.2 Å². The summed E-state index contributed by atoms with van der Waals surface area (Å²) in [6.45, 7) is 5.75. The minimum absolute atomic E-state index is 0.0447. The Kier molecular flexibility index (Phi) is 3.11. The number of cyclic esters (lactones) is 1. The molecule has 1 aromatic carbocycles. The van der Waals surface area contributed by atoms with Crippen molar-refractivity contribution < 1.29 is 19.1 Å². The van der Waals surface area contributed by atoms with E-state index in [-0.39, 0.29) is 18.4 Å². The Labute approximate surface area is 106 Å². The third kappa shape index (κ3) is 2.10. The molecule has 4 heteroatoms. The van der Waals surface area contributed by atoms with Gasteiger partial charge in [-0.25, -0.2) is 4.79 Å². The molecule has 1 atom stereocenters. The Morgan fingerprint density at radius 1 is 1.44 bits per heavy atom. The van der Waals surface area contributed by atoms with Crippen molar-refractivity contribution in [2.45, 2.75) is 32.8 Å². The van der Waals surface area contributed by atoms with Crippen molar-refractivity contribution >= 4 is 11.9 Å². The highest BCUT2D eigenvalue weighted by atomic mass is 16.6. The number of carbonyl (C=O) groups is 2. The van der Waals surface area contributed by atoms with Crippen LogP contribution in [0.25, 0.3) is 0 Å². The number of benzene rings is 1. The van der Waals surface area contributed by atoms with Gasteiger partial charge in [0.1, 0.15) is 5.60 Å². The summed E-state index contributed by atoms with van der Waals surface area (Å²) in [5.74, 6) is -0.737. The summed E-state index contributed by atoms with van der Waals surface area (Å²) >= 11 is 0. The molecule has 1 aliphatic rings. The fourth-order valence-corrected chi connectivity index (χ4v) is 2.21. The summed E-state index contributed by atoms with van der Waals surface area (Å²) in [5, 5.41) is 0. The van der Waals surface area contributed by atoms with Gasteiger partial charge in [0.2, 0.25) is 0 Å². The van der Waals surface area contributed by atoms with Crippen molar-refractivity contribution in [2.75, 3.05) is 6.61 Å². The van der Waals surface area contributed by atoms with Gasteiger partial charge in [0, 0.05) is 5.56 Å². The lowest BCUT2D eigenvalue weighted by Gasteiger charge is -2.23. The first-order chi connectivity index (χ1) is 8.46. The largest absolute Gasteiger partial charge is 0.466 e. The Bertz CT molecular complexity index is 507. The monoisotopic (exact) mass is 248 g/mol. The van der Waals surface area contributed by atoms with E-state index in [0.29, 0.717) is 12.2 Å². The van der Waals surface area contributed by atoms with Crippen molar-refractivity contribution in [3.05, 3.63) is 34.9 Å². The fourth-order valence-electron chi connectivity index (χ4n) is 2.21. The molecule has 0 bridgehead atoms. The zero-order valence-electron chi connectivity index (χ0n) is 10.8. The van der Waals surface area contributed by atoms with E-state index < -0.39 is 5.60 Å². The summed E-state index contributed by atoms with van der Waals surface area (Å²) in [6.07, 6.45) is 0.0447. The maximum atomic E-state index is 11.8.